The molecule has 1 N–H and O–H groups in total. The molecular weight excluding hydrogens is 350 g/mol. The van der Waals surface area contributed by atoms with Gasteiger partial charge in [0, 0.05) is 19.2 Å². The average molecular weight is 375 g/mol. The number of amides is 1. The third kappa shape index (κ3) is 4.67. The molecule has 0 spiro atoms. The Kier molecular flexibility index (Phi) is 5.83. The smallest absolute Gasteiger partial charge is 0.220 e. The first-order valence-electron chi connectivity index (χ1n) is 9.80. The molecule has 0 saturated heterocycles. The summed E-state index contributed by atoms with van der Waals surface area (Å²) in [7, 11) is 0. The van der Waals surface area contributed by atoms with Crippen molar-refractivity contribution in [3.05, 3.63) is 89.2 Å². The van der Waals surface area contributed by atoms with Gasteiger partial charge in [-0.1, -0.05) is 60.7 Å². The zero-order chi connectivity index (χ0) is 19.2. The second kappa shape index (κ2) is 8.85. The molecule has 1 atom stereocenters. The zero-order valence-electron chi connectivity index (χ0n) is 15.9. The van der Waals surface area contributed by atoms with E-state index in [4.69, 9.17) is 9.84 Å². The summed E-state index contributed by atoms with van der Waals surface area (Å²) in [5, 5.41) is 7.75. The molecule has 1 aliphatic heterocycles. The lowest BCUT2D eigenvalue weighted by Crippen LogP contribution is -2.32. The quantitative estimate of drug-likeness (QED) is 0.689. The molecule has 0 fully saturated rings. The highest BCUT2D eigenvalue weighted by molar-refractivity contribution is 5.76. The SMILES string of the molecule is O=C(CCc1ccccc1)NCC1OCCc2cn(Cc3ccccc3)nc21. The van der Waals surface area contributed by atoms with E-state index in [1.54, 1.807) is 0 Å². The minimum atomic E-state index is -0.179. The summed E-state index contributed by atoms with van der Waals surface area (Å²) in [5.41, 5.74) is 4.55. The molecule has 1 aromatic heterocycles. The van der Waals surface area contributed by atoms with E-state index in [2.05, 4.69) is 23.6 Å². The second-order valence-electron chi connectivity index (χ2n) is 7.12. The van der Waals surface area contributed by atoms with Gasteiger partial charge in [-0.25, -0.2) is 0 Å². The number of nitrogens with one attached hydrogen (secondary N) is 1. The summed E-state index contributed by atoms with van der Waals surface area (Å²) in [6.45, 7) is 1.86. The van der Waals surface area contributed by atoms with Crippen molar-refractivity contribution in [3.8, 4) is 0 Å². The van der Waals surface area contributed by atoms with Gasteiger partial charge >= 0.3 is 0 Å². The lowest BCUT2D eigenvalue weighted by molar-refractivity contribution is -0.121. The van der Waals surface area contributed by atoms with Crippen molar-refractivity contribution in [2.24, 2.45) is 0 Å². The Morgan fingerprint density at radius 2 is 1.79 bits per heavy atom. The van der Waals surface area contributed by atoms with Crippen molar-refractivity contribution in [1.29, 1.82) is 0 Å². The zero-order valence-corrected chi connectivity index (χ0v) is 15.9. The van der Waals surface area contributed by atoms with Crippen molar-refractivity contribution >= 4 is 5.91 Å². The van der Waals surface area contributed by atoms with Gasteiger partial charge < -0.3 is 10.1 Å². The van der Waals surface area contributed by atoms with Gasteiger partial charge in [-0.15, -0.1) is 0 Å². The number of hydrogen-bond acceptors (Lipinski definition) is 3. The highest BCUT2D eigenvalue weighted by Gasteiger charge is 2.25. The lowest BCUT2D eigenvalue weighted by atomic mass is 10.1. The van der Waals surface area contributed by atoms with E-state index in [9.17, 15) is 4.79 Å². The van der Waals surface area contributed by atoms with Crippen molar-refractivity contribution in [1.82, 2.24) is 15.1 Å². The number of benzene rings is 2. The fraction of sp³-hybridized carbons (Fsp3) is 0.304. The molecule has 0 bridgehead atoms. The van der Waals surface area contributed by atoms with Crippen LogP contribution in [0.5, 0.6) is 0 Å². The maximum absolute atomic E-state index is 12.2. The van der Waals surface area contributed by atoms with Crippen molar-refractivity contribution < 1.29 is 9.53 Å². The Morgan fingerprint density at radius 1 is 1.07 bits per heavy atom. The first kappa shape index (κ1) is 18.4. The van der Waals surface area contributed by atoms with Crippen LogP contribution in [0.2, 0.25) is 0 Å². The Hall–Kier alpha value is -2.92. The Bertz CT molecular complexity index is 906. The Morgan fingerprint density at radius 3 is 2.54 bits per heavy atom. The van der Waals surface area contributed by atoms with Gasteiger partial charge in [0.2, 0.25) is 5.91 Å². The number of ether oxygens (including phenoxy) is 1. The molecule has 28 heavy (non-hydrogen) atoms. The standard InChI is InChI=1S/C23H25N3O2/c27-22(12-11-18-7-3-1-4-8-18)24-15-21-23-20(13-14-28-21)17-26(25-23)16-19-9-5-2-6-10-19/h1-10,17,21H,11-16H2,(H,24,27). The van der Waals surface area contributed by atoms with Crippen LogP contribution in [0, 0.1) is 0 Å². The predicted octanol–water partition coefficient (Wildman–Crippen LogP) is 3.29. The minimum Gasteiger partial charge on any atom is -0.370 e. The van der Waals surface area contributed by atoms with Gasteiger partial charge in [-0.2, -0.15) is 5.10 Å². The maximum Gasteiger partial charge on any atom is 0.220 e. The number of hydrogen-bond donors (Lipinski definition) is 1. The predicted molar refractivity (Wildman–Crippen MR) is 108 cm³/mol. The number of aryl methyl sites for hydroxylation is 1. The topological polar surface area (TPSA) is 56.1 Å². The summed E-state index contributed by atoms with van der Waals surface area (Å²) in [4.78, 5) is 12.2. The molecular formula is C23H25N3O2. The second-order valence-corrected chi connectivity index (χ2v) is 7.12. The average Bonchev–Trinajstić information content (AvgIpc) is 3.15. The highest BCUT2D eigenvalue weighted by Crippen LogP contribution is 2.25. The molecule has 5 heteroatoms. The molecule has 1 amide bonds. The molecule has 2 aromatic carbocycles. The van der Waals surface area contributed by atoms with E-state index < -0.39 is 0 Å². The number of carbonyl (C=O) groups is 1. The summed E-state index contributed by atoms with van der Waals surface area (Å²) in [6.07, 6.45) is 4.01. The summed E-state index contributed by atoms with van der Waals surface area (Å²) < 4.78 is 7.86. The van der Waals surface area contributed by atoms with Crippen LogP contribution in [0.25, 0.3) is 0 Å². The minimum absolute atomic E-state index is 0.0447. The van der Waals surface area contributed by atoms with Crippen molar-refractivity contribution in [2.75, 3.05) is 13.2 Å². The molecule has 0 aliphatic carbocycles. The number of fused-ring (bicyclic) bond motifs is 1. The Balaban J connectivity index is 1.33. The highest BCUT2D eigenvalue weighted by atomic mass is 16.5. The van der Waals surface area contributed by atoms with Crippen LogP contribution in [0.15, 0.2) is 66.9 Å². The van der Waals surface area contributed by atoms with Crippen molar-refractivity contribution in [3.63, 3.8) is 0 Å². The number of rotatable bonds is 7. The summed E-state index contributed by atoms with van der Waals surface area (Å²) in [5.74, 6) is 0.0447. The van der Waals surface area contributed by atoms with E-state index in [-0.39, 0.29) is 12.0 Å². The van der Waals surface area contributed by atoms with E-state index in [0.717, 1.165) is 25.1 Å². The van der Waals surface area contributed by atoms with Crippen LogP contribution in [0.1, 0.15) is 34.9 Å². The van der Waals surface area contributed by atoms with E-state index >= 15 is 0 Å². The first-order chi connectivity index (χ1) is 13.8. The fourth-order valence-corrected chi connectivity index (χ4v) is 3.54. The van der Waals surface area contributed by atoms with Gasteiger partial charge in [-0.05, 0) is 29.5 Å². The van der Waals surface area contributed by atoms with Gasteiger partial charge in [0.15, 0.2) is 0 Å². The lowest BCUT2D eigenvalue weighted by Gasteiger charge is -2.22. The van der Waals surface area contributed by atoms with Gasteiger partial charge in [-0.3, -0.25) is 9.48 Å². The van der Waals surface area contributed by atoms with E-state index in [0.29, 0.717) is 19.6 Å². The number of nitrogens with zero attached hydrogens (tertiary/aromatic N) is 2. The number of carbonyl (C=O) groups excluding carboxylic acids is 1. The van der Waals surface area contributed by atoms with Crippen LogP contribution in [-0.2, 0) is 28.9 Å². The molecule has 2 heterocycles. The monoisotopic (exact) mass is 375 g/mol. The number of aromatic nitrogens is 2. The summed E-state index contributed by atoms with van der Waals surface area (Å²) >= 11 is 0. The van der Waals surface area contributed by atoms with Gasteiger partial charge in [0.25, 0.3) is 0 Å². The van der Waals surface area contributed by atoms with E-state index in [1.807, 2.05) is 53.2 Å². The largest absolute Gasteiger partial charge is 0.370 e. The van der Waals surface area contributed by atoms with Gasteiger partial charge in [0.05, 0.1) is 18.8 Å². The van der Waals surface area contributed by atoms with Gasteiger partial charge in [0.1, 0.15) is 6.10 Å². The molecule has 5 nitrogen and oxygen atoms in total. The van der Waals surface area contributed by atoms with Crippen LogP contribution >= 0.6 is 0 Å². The third-order valence-corrected chi connectivity index (χ3v) is 5.02. The van der Waals surface area contributed by atoms with Crippen LogP contribution < -0.4 is 5.32 Å². The van der Waals surface area contributed by atoms with Crippen LogP contribution in [0.3, 0.4) is 0 Å². The maximum atomic E-state index is 12.2. The third-order valence-electron chi connectivity index (χ3n) is 5.02. The molecule has 1 unspecified atom stereocenters. The van der Waals surface area contributed by atoms with Crippen LogP contribution in [-0.4, -0.2) is 28.8 Å². The Labute approximate surface area is 165 Å². The van der Waals surface area contributed by atoms with Crippen molar-refractivity contribution in [2.45, 2.75) is 31.9 Å². The molecule has 0 radical (unpaired) electrons. The van der Waals surface area contributed by atoms with E-state index in [1.165, 1.54) is 16.7 Å². The normalized spacial score (nSPS) is 15.8. The molecule has 1 aliphatic rings. The van der Waals surface area contributed by atoms with Crippen LogP contribution in [0.4, 0.5) is 0 Å². The molecule has 144 valence electrons. The molecule has 4 rings (SSSR count). The fourth-order valence-electron chi connectivity index (χ4n) is 3.54. The summed E-state index contributed by atoms with van der Waals surface area (Å²) in [6, 6.07) is 20.4. The first-order valence-corrected chi connectivity index (χ1v) is 9.80. The molecule has 0 saturated carbocycles. The molecule has 3 aromatic rings.